The minimum Gasteiger partial charge on any atom is -0.496 e. The van der Waals surface area contributed by atoms with Crippen molar-refractivity contribution in [3.05, 3.63) is 39.3 Å². The average Bonchev–Trinajstić information content (AvgIpc) is 2.44. The number of nitrogens with one attached hydrogen (secondary N) is 1. The van der Waals surface area contributed by atoms with E-state index in [0.29, 0.717) is 4.64 Å². The van der Waals surface area contributed by atoms with E-state index in [-0.39, 0.29) is 0 Å². The third kappa shape index (κ3) is 2.61. The SMILES string of the molecule is CCc1nc(=S)c(C)c(-c2cc(C)c(OC)cc2C)[nH]1. The number of methoxy groups -OCH3 is 1. The molecular formula is C16H20N2OS. The summed E-state index contributed by atoms with van der Waals surface area (Å²) in [5.41, 5.74) is 5.51. The van der Waals surface area contributed by atoms with Crippen molar-refractivity contribution in [1.29, 1.82) is 0 Å². The molecule has 0 spiro atoms. The molecule has 0 fully saturated rings. The van der Waals surface area contributed by atoms with Gasteiger partial charge in [-0.05, 0) is 44.0 Å². The van der Waals surface area contributed by atoms with Gasteiger partial charge in [-0.3, -0.25) is 0 Å². The molecule has 0 aliphatic heterocycles. The van der Waals surface area contributed by atoms with E-state index in [1.165, 1.54) is 0 Å². The summed E-state index contributed by atoms with van der Waals surface area (Å²) in [5.74, 6) is 1.83. The number of aromatic nitrogens is 2. The van der Waals surface area contributed by atoms with Crippen molar-refractivity contribution >= 4 is 12.2 Å². The van der Waals surface area contributed by atoms with Crippen molar-refractivity contribution in [3.8, 4) is 17.0 Å². The molecule has 0 amide bonds. The first-order chi connectivity index (χ1) is 9.47. The van der Waals surface area contributed by atoms with Crippen LogP contribution >= 0.6 is 12.2 Å². The van der Waals surface area contributed by atoms with Gasteiger partial charge in [0.2, 0.25) is 0 Å². The van der Waals surface area contributed by atoms with Crippen LogP contribution in [0.15, 0.2) is 12.1 Å². The monoisotopic (exact) mass is 288 g/mol. The fourth-order valence-corrected chi connectivity index (χ4v) is 2.51. The van der Waals surface area contributed by atoms with Gasteiger partial charge >= 0.3 is 0 Å². The molecule has 1 aromatic carbocycles. The number of benzene rings is 1. The van der Waals surface area contributed by atoms with Crippen LogP contribution in [-0.2, 0) is 6.42 Å². The molecule has 4 heteroatoms. The molecule has 0 atom stereocenters. The van der Waals surface area contributed by atoms with Gasteiger partial charge in [-0.25, -0.2) is 4.98 Å². The van der Waals surface area contributed by atoms with Crippen molar-refractivity contribution in [3.63, 3.8) is 0 Å². The third-order valence-electron chi connectivity index (χ3n) is 3.55. The normalized spacial score (nSPS) is 10.7. The number of aryl methyl sites for hydroxylation is 3. The van der Waals surface area contributed by atoms with Crippen LogP contribution in [0, 0.1) is 25.4 Å². The number of aromatic amines is 1. The molecule has 0 radical (unpaired) electrons. The molecule has 0 unspecified atom stereocenters. The van der Waals surface area contributed by atoms with Crippen molar-refractivity contribution in [2.24, 2.45) is 0 Å². The van der Waals surface area contributed by atoms with Gasteiger partial charge in [-0.1, -0.05) is 19.1 Å². The number of hydrogen-bond acceptors (Lipinski definition) is 3. The summed E-state index contributed by atoms with van der Waals surface area (Å²) in [4.78, 5) is 7.80. The summed E-state index contributed by atoms with van der Waals surface area (Å²) >= 11 is 5.36. The Labute approximate surface area is 125 Å². The van der Waals surface area contributed by atoms with Crippen LogP contribution in [0.3, 0.4) is 0 Å². The lowest BCUT2D eigenvalue weighted by atomic mass is 9.99. The summed E-state index contributed by atoms with van der Waals surface area (Å²) in [5, 5.41) is 0. The number of rotatable bonds is 3. The summed E-state index contributed by atoms with van der Waals surface area (Å²) in [6.45, 7) is 8.21. The Hall–Kier alpha value is -1.68. The Bertz CT molecular complexity index is 704. The fourth-order valence-electron chi connectivity index (χ4n) is 2.30. The quantitative estimate of drug-likeness (QED) is 0.856. The Kier molecular flexibility index (Phi) is 4.23. The lowest BCUT2D eigenvalue weighted by Crippen LogP contribution is -2.01. The van der Waals surface area contributed by atoms with E-state index in [1.54, 1.807) is 7.11 Å². The van der Waals surface area contributed by atoms with E-state index in [4.69, 9.17) is 17.0 Å². The molecule has 0 aliphatic rings. The number of hydrogen-bond donors (Lipinski definition) is 1. The van der Waals surface area contributed by atoms with E-state index in [1.807, 2.05) is 13.8 Å². The molecule has 2 rings (SSSR count). The van der Waals surface area contributed by atoms with Crippen molar-refractivity contribution in [1.82, 2.24) is 9.97 Å². The highest BCUT2D eigenvalue weighted by Gasteiger charge is 2.12. The molecule has 106 valence electrons. The zero-order valence-electron chi connectivity index (χ0n) is 12.6. The minimum absolute atomic E-state index is 0.670. The second-order valence-corrected chi connectivity index (χ2v) is 5.37. The number of nitrogens with zero attached hydrogens (tertiary/aromatic N) is 1. The highest BCUT2D eigenvalue weighted by Crippen LogP contribution is 2.30. The molecule has 3 nitrogen and oxygen atoms in total. The van der Waals surface area contributed by atoms with E-state index >= 15 is 0 Å². The zero-order valence-corrected chi connectivity index (χ0v) is 13.4. The van der Waals surface area contributed by atoms with E-state index in [2.05, 4.69) is 35.9 Å². The van der Waals surface area contributed by atoms with Crippen LogP contribution in [0.1, 0.15) is 29.4 Å². The Morgan fingerprint density at radius 3 is 2.50 bits per heavy atom. The fraction of sp³-hybridized carbons (Fsp3) is 0.375. The largest absolute Gasteiger partial charge is 0.496 e. The maximum absolute atomic E-state index is 5.37. The maximum Gasteiger partial charge on any atom is 0.133 e. The zero-order chi connectivity index (χ0) is 14.9. The summed E-state index contributed by atoms with van der Waals surface area (Å²) < 4.78 is 6.04. The molecule has 0 bridgehead atoms. The highest BCUT2D eigenvalue weighted by atomic mass is 32.1. The third-order valence-corrected chi connectivity index (χ3v) is 3.95. The molecule has 1 aromatic heterocycles. The van der Waals surface area contributed by atoms with Crippen LogP contribution < -0.4 is 4.74 Å². The molecule has 1 N–H and O–H groups in total. The molecule has 0 saturated heterocycles. The summed E-state index contributed by atoms with van der Waals surface area (Å²) in [6.07, 6.45) is 0.838. The summed E-state index contributed by atoms with van der Waals surface area (Å²) in [6, 6.07) is 4.20. The second-order valence-electron chi connectivity index (χ2n) is 4.98. The molecule has 0 aliphatic carbocycles. The Morgan fingerprint density at radius 2 is 1.90 bits per heavy atom. The molecule has 20 heavy (non-hydrogen) atoms. The standard InChI is InChI=1S/C16H20N2OS/c1-6-14-17-15(11(4)16(20)18-14)12-7-10(3)13(19-5)8-9(12)2/h7-8H,6H2,1-5H3,(H,17,18,20). The first-order valence-corrected chi connectivity index (χ1v) is 7.14. The smallest absolute Gasteiger partial charge is 0.133 e. The first-order valence-electron chi connectivity index (χ1n) is 6.73. The lowest BCUT2D eigenvalue weighted by molar-refractivity contribution is 0.411. The van der Waals surface area contributed by atoms with Gasteiger partial charge in [0.15, 0.2) is 0 Å². The van der Waals surface area contributed by atoms with Gasteiger partial charge in [0.05, 0.1) is 12.8 Å². The van der Waals surface area contributed by atoms with Crippen LogP contribution in [0.4, 0.5) is 0 Å². The number of H-pyrrole nitrogens is 1. The van der Waals surface area contributed by atoms with Gasteiger partial charge in [0, 0.05) is 17.5 Å². The van der Waals surface area contributed by atoms with E-state index in [9.17, 15) is 0 Å². The first kappa shape index (κ1) is 14.7. The van der Waals surface area contributed by atoms with E-state index < -0.39 is 0 Å². The predicted molar refractivity (Wildman–Crippen MR) is 85.0 cm³/mol. The van der Waals surface area contributed by atoms with Crippen molar-refractivity contribution in [2.75, 3.05) is 7.11 Å². The Morgan fingerprint density at radius 1 is 1.20 bits per heavy atom. The second kappa shape index (κ2) is 5.75. The van der Waals surface area contributed by atoms with Gasteiger partial charge < -0.3 is 9.72 Å². The molecule has 2 aromatic rings. The van der Waals surface area contributed by atoms with Gasteiger partial charge in [0.25, 0.3) is 0 Å². The lowest BCUT2D eigenvalue weighted by Gasteiger charge is -2.14. The Balaban J connectivity index is 2.71. The van der Waals surface area contributed by atoms with Gasteiger partial charge in [0.1, 0.15) is 16.2 Å². The maximum atomic E-state index is 5.37. The number of ether oxygens (including phenoxy) is 1. The summed E-state index contributed by atoms with van der Waals surface area (Å²) in [7, 11) is 1.70. The molecular weight excluding hydrogens is 268 g/mol. The topological polar surface area (TPSA) is 37.9 Å². The van der Waals surface area contributed by atoms with Gasteiger partial charge in [-0.15, -0.1) is 0 Å². The van der Waals surface area contributed by atoms with Crippen LogP contribution in [0.2, 0.25) is 0 Å². The van der Waals surface area contributed by atoms with Crippen LogP contribution in [0.5, 0.6) is 5.75 Å². The van der Waals surface area contributed by atoms with Crippen molar-refractivity contribution < 1.29 is 4.74 Å². The molecule has 0 saturated carbocycles. The average molecular weight is 288 g/mol. The molecule has 1 heterocycles. The van der Waals surface area contributed by atoms with Crippen LogP contribution in [0.25, 0.3) is 11.3 Å². The predicted octanol–water partition coefficient (Wildman–Crippen LogP) is 4.30. The van der Waals surface area contributed by atoms with Gasteiger partial charge in [-0.2, -0.15) is 0 Å². The minimum atomic E-state index is 0.670. The van der Waals surface area contributed by atoms with Crippen LogP contribution in [-0.4, -0.2) is 17.1 Å². The van der Waals surface area contributed by atoms with Crippen molar-refractivity contribution in [2.45, 2.75) is 34.1 Å². The van der Waals surface area contributed by atoms with E-state index in [0.717, 1.165) is 45.9 Å². The highest BCUT2D eigenvalue weighted by molar-refractivity contribution is 7.71.